The molecule has 2 aromatic rings. The number of rotatable bonds is 4. The Bertz CT molecular complexity index is 1070. The lowest BCUT2D eigenvalue weighted by Crippen LogP contribution is -2.41. The fraction of sp³-hybridized carbons (Fsp3) is 0.524. The number of piperidine rings is 1. The van der Waals surface area contributed by atoms with Gasteiger partial charge in [0.15, 0.2) is 11.3 Å². The Morgan fingerprint density at radius 1 is 1.10 bits per heavy atom. The van der Waals surface area contributed by atoms with E-state index >= 15 is 0 Å². The minimum absolute atomic E-state index is 0.101. The second kappa shape index (κ2) is 7.26. The molecule has 8 nitrogen and oxygen atoms in total. The van der Waals surface area contributed by atoms with Crippen molar-refractivity contribution < 1.29 is 9.53 Å². The topological polar surface area (TPSA) is 93.5 Å². The Morgan fingerprint density at radius 3 is 2.62 bits per heavy atom. The highest BCUT2D eigenvalue weighted by Gasteiger charge is 2.33. The van der Waals surface area contributed by atoms with Crippen LogP contribution in [0, 0.1) is 11.8 Å². The van der Waals surface area contributed by atoms with Crippen molar-refractivity contribution in [3.8, 4) is 17.3 Å². The lowest BCUT2D eigenvalue weighted by Gasteiger charge is -2.32. The summed E-state index contributed by atoms with van der Waals surface area (Å²) in [6.07, 6.45) is 9.49. The number of carbonyl (C=O) groups is 1. The maximum absolute atomic E-state index is 12.8. The quantitative estimate of drug-likeness (QED) is 0.757. The summed E-state index contributed by atoms with van der Waals surface area (Å²) in [6.45, 7) is 2.03. The number of fused-ring (bicyclic) bond motifs is 1. The van der Waals surface area contributed by atoms with E-state index in [4.69, 9.17) is 4.74 Å². The molecule has 1 saturated carbocycles. The monoisotopic (exact) mass is 392 g/mol. The standard InChI is InChI=1S/C21H24N6O2/c1-27-7-5-12(6-8-27)15-9-14-10-22-19(25-18(14)26-20(15)28)16-17(13-3-4-13)23-11-24-21(16)29-2/h9-13,15H,3-8H2,1-2H3. The van der Waals surface area contributed by atoms with Gasteiger partial charge in [-0.25, -0.2) is 19.9 Å². The highest BCUT2D eigenvalue weighted by molar-refractivity contribution is 5.86. The predicted molar refractivity (Wildman–Crippen MR) is 106 cm³/mol. The van der Waals surface area contributed by atoms with Crippen LogP contribution in [0.2, 0.25) is 0 Å². The molecular weight excluding hydrogens is 368 g/mol. The fourth-order valence-corrected chi connectivity index (χ4v) is 4.29. The predicted octanol–water partition coefficient (Wildman–Crippen LogP) is 0.718. The van der Waals surface area contributed by atoms with E-state index in [-0.39, 0.29) is 11.8 Å². The summed E-state index contributed by atoms with van der Waals surface area (Å²) in [7, 11) is 3.70. The molecular formula is C21H24N6O2. The third-order valence-electron chi connectivity index (χ3n) is 6.15. The Labute approximate surface area is 168 Å². The van der Waals surface area contributed by atoms with Crippen LogP contribution >= 0.6 is 0 Å². The molecule has 2 aromatic heterocycles. The van der Waals surface area contributed by atoms with Gasteiger partial charge < -0.3 is 9.64 Å². The summed E-state index contributed by atoms with van der Waals surface area (Å²) in [5.74, 6) is 1.36. The van der Waals surface area contributed by atoms with Crippen LogP contribution in [0.5, 0.6) is 5.88 Å². The molecule has 5 rings (SSSR count). The van der Waals surface area contributed by atoms with Gasteiger partial charge >= 0.3 is 0 Å². The molecule has 0 N–H and O–H groups in total. The van der Waals surface area contributed by atoms with E-state index in [1.54, 1.807) is 13.3 Å². The molecule has 150 valence electrons. The largest absolute Gasteiger partial charge is 0.480 e. The van der Waals surface area contributed by atoms with Crippen LogP contribution in [0.15, 0.2) is 17.5 Å². The van der Waals surface area contributed by atoms with E-state index in [1.807, 2.05) is 6.08 Å². The smallest absolute Gasteiger partial charge is 0.254 e. The van der Waals surface area contributed by atoms with Gasteiger partial charge in [0.1, 0.15) is 11.9 Å². The van der Waals surface area contributed by atoms with Crippen molar-refractivity contribution in [3.63, 3.8) is 0 Å². The number of ether oxygens (including phenoxy) is 1. The summed E-state index contributed by atoms with van der Waals surface area (Å²) in [5.41, 5.74) is 2.05. The van der Waals surface area contributed by atoms with Gasteiger partial charge in [-0.15, -0.1) is 0 Å². The summed E-state index contributed by atoms with van der Waals surface area (Å²) in [6, 6.07) is 0. The van der Waals surface area contributed by atoms with E-state index in [0.29, 0.717) is 34.6 Å². The fourth-order valence-electron chi connectivity index (χ4n) is 4.29. The second-order valence-corrected chi connectivity index (χ2v) is 8.17. The number of amides is 1. The molecule has 2 fully saturated rings. The number of nitrogens with zero attached hydrogens (tertiary/aromatic N) is 6. The van der Waals surface area contributed by atoms with Crippen molar-refractivity contribution in [2.75, 3.05) is 27.2 Å². The average molecular weight is 392 g/mol. The van der Waals surface area contributed by atoms with Crippen molar-refractivity contribution in [1.82, 2.24) is 24.8 Å². The minimum Gasteiger partial charge on any atom is -0.480 e. The first-order valence-corrected chi connectivity index (χ1v) is 10.2. The molecule has 1 amide bonds. The molecule has 0 bridgehead atoms. The SMILES string of the molecule is COc1ncnc(C2CC2)c1-c1ncc2c(n1)=NC(=O)C(C1CCN(C)CC1)C=2. The zero-order chi connectivity index (χ0) is 20.0. The van der Waals surface area contributed by atoms with Crippen molar-refractivity contribution in [2.45, 2.75) is 31.6 Å². The average Bonchev–Trinajstić information content (AvgIpc) is 3.58. The molecule has 1 unspecified atom stereocenters. The van der Waals surface area contributed by atoms with E-state index < -0.39 is 0 Å². The first kappa shape index (κ1) is 18.3. The van der Waals surface area contributed by atoms with Gasteiger partial charge in [0.05, 0.1) is 18.7 Å². The first-order chi connectivity index (χ1) is 14.1. The molecule has 8 heteroatoms. The Balaban J connectivity index is 1.54. The number of hydrogen-bond donors (Lipinski definition) is 0. The van der Waals surface area contributed by atoms with Crippen LogP contribution in [0.3, 0.4) is 0 Å². The van der Waals surface area contributed by atoms with Crippen LogP contribution < -0.4 is 15.4 Å². The van der Waals surface area contributed by atoms with Gasteiger partial charge in [-0.1, -0.05) is 6.08 Å². The second-order valence-electron chi connectivity index (χ2n) is 8.17. The highest BCUT2D eigenvalue weighted by Crippen LogP contribution is 2.44. The van der Waals surface area contributed by atoms with Crippen LogP contribution in [-0.4, -0.2) is 58.0 Å². The lowest BCUT2D eigenvalue weighted by atomic mass is 9.83. The Kier molecular flexibility index (Phi) is 4.58. The van der Waals surface area contributed by atoms with Gasteiger partial charge in [0.2, 0.25) is 5.88 Å². The molecule has 1 saturated heterocycles. The molecule has 0 radical (unpaired) electrons. The molecule has 2 aliphatic heterocycles. The highest BCUT2D eigenvalue weighted by atomic mass is 16.5. The van der Waals surface area contributed by atoms with Gasteiger partial charge in [-0.3, -0.25) is 4.79 Å². The zero-order valence-corrected chi connectivity index (χ0v) is 16.7. The third kappa shape index (κ3) is 3.42. The normalized spacial score (nSPS) is 22.6. The molecule has 1 atom stereocenters. The van der Waals surface area contributed by atoms with E-state index in [1.165, 1.54) is 6.33 Å². The van der Waals surface area contributed by atoms with Gasteiger partial charge in [0, 0.05) is 17.3 Å². The number of likely N-dealkylation sites (tertiary alicyclic amines) is 1. The molecule has 4 heterocycles. The molecule has 0 aromatic carbocycles. The van der Waals surface area contributed by atoms with Gasteiger partial charge in [0.25, 0.3) is 5.91 Å². The zero-order valence-electron chi connectivity index (χ0n) is 16.7. The summed E-state index contributed by atoms with van der Waals surface area (Å²) >= 11 is 0. The van der Waals surface area contributed by atoms with Gasteiger partial charge in [-0.05, 0) is 51.7 Å². The van der Waals surface area contributed by atoms with Crippen LogP contribution in [0.1, 0.15) is 37.3 Å². The first-order valence-electron chi connectivity index (χ1n) is 10.2. The minimum atomic E-state index is -0.178. The number of aromatic nitrogens is 4. The summed E-state index contributed by atoms with van der Waals surface area (Å²) < 4.78 is 5.45. The van der Waals surface area contributed by atoms with E-state index in [0.717, 1.165) is 49.7 Å². The Hall–Kier alpha value is -2.74. The molecule has 1 aliphatic carbocycles. The molecule has 29 heavy (non-hydrogen) atoms. The summed E-state index contributed by atoms with van der Waals surface area (Å²) in [4.78, 5) is 37.3. The van der Waals surface area contributed by atoms with Crippen molar-refractivity contribution in [3.05, 3.63) is 28.9 Å². The van der Waals surface area contributed by atoms with E-state index in [9.17, 15) is 4.79 Å². The van der Waals surface area contributed by atoms with E-state index in [2.05, 4.69) is 36.9 Å². The van der Waals surface area contributed by atoms with Crippen LogP contribution in [-0.2, 0) is 4.79 Å². The number of carbonyl (C=O) groups excluding carboxylic acids is 1. The van der Waals surface area contributed by atoms with Crippen LogP contribution in [0.4, 0.5) is 0 Å². The molecule has 3 aliphatic rings. The third-order valence-corrected chi connectivity index (χ3v) is 6.15. The lowest BCUT2D eigenvalue weighted by molar-refractivity contribution is -0.122. The summed E-state index contributed by atoms with van der Waals surface area (Å²) in [5, 5.41) is 0.820. The maximum Gasteiger partial charge on any atom is 0.254 e. The van der Waals surface area contributed by atoms with Crippen molar-refractivity contribution in [1.29, 1.82) is 0 Å². The number of hydrogen-bond acceptors (Lipinski definition) is 7. The maximum atomic E-state index is 12.8. The number of methoxy groups -OCH3 is 1. The Morgan fingerprint density at radius 2 is 1.90 bits per heavy atom. The van der Waals surface area contributed by atoms with Crippen molar-refractivity contribution in [2.24, 2.45) is 16.8 Å². The van der Waals surface area contributed by atoms with Crippen LogP contribution in [0.25, 0.3) is 17.5 Å². The molecule has 0 spiro atoms. The van der Waals surface area contributed by atoms with Gasteiger partial charge in [-0.2, -0.15) is 4.99 Å². The van der Waals surface area contributed by atoms with Crippen molar-refractivity contribution >= 4 is 12.0 Å².